The van der Waals surface area contributed by atoms with Crippen LogP contribution >= 0.6 is 0 Å². The summed E-state index contributed by atoms with van der Waals surface area (Å²) in [5.74, 6) is 0.948. The number of hydrogen-bond acceptors (Lipinski definition) is 4. The predicted molar refractivity (Wildman–Crippen MR) is 80.1 cm³/mol. The quantitative estimate of drug-likeness (QED) is 0.752. The molecule has 1 saturated carbocycles. The van der Waals surface area contributed by atoms with E-state index in [1.807, 2.05) is 6.92 Å². The van der Waals surface area contributed by atoms with Crippen molar-refractivity contribution in [2.24, 2.45) is 5.92 Å². The van der Waals surface area contributed by atoms with Crippen LogP contribution in [0.3, 0.4) is 0 Å². The van der Waals surface area contributed by atoms with Gasteiger partial charge in [-0.15, -0.1) is 0 Å². The van der Waals surface area contributed by atoms with Crippen LogP contribution in [0.4, 0.5) is 5.69 Å². The molecule has 3 N–H and O–H groups in total. The molecule has 0 spiro atoms. The fraction of sp³-hybridized carbons (Fsp3) is 0.571. The molecule has 0 aromatic heterocycles. The summed E-state index contributed by atoms with van der Waals surface area (Å²) in [7, 11) is -3.30. The number of nitrogens with two attached hydrogens (primary N) is 1. The average molecular weight is 298 g/mol. The lowest BCUT2D eigenvalue weighted by atomic mass is 9.81. The third-order valence-electron chi connectivity index (χ3n) is 3.75. The van der Waals surface area contributed by atoms with E-state index in [2.05, 4.69) is 4.72 Å². The first-order valence-corrected chi connectivity index (χ1v) is 8.60. The van der Waals surface area contributed by atoms with E-state index in [-0.39, 0.29) is 18.4 Å². The summed E-state index contributed by atoms with van der Waals surface area (Å²) in [6.45, 7) is 2.03. The Morgan fingerprint density at radius 1 is 1.40 bits per heavy atom. The second-order valence-corrected chi connectivity index (χ2v) is 7.18. The van der Waals surface area contributed by atoms with Gasteiger partial charge in [0.05, 0.1) is 11.4 Å². The van der Waals surface area contributed by atoms with Gasteiger partial charge < -0.3 is 10.5 Å². The van der Waals surface area contributed by atoms with Crippen LogP contribution in [0, 0.1) is 5.92 Å². The summed E-state index contributed by atoms with van der Waals surface area (Å²) in [4.78, 5) is 0. The maximum atomic E-state index is 11.9. The number of anilines is 1. The molecule has 1 unspecified atom stereocenters. The zero-order valence-electron chi connectivity index (χ0n) is 11.7. The van der Waals surface area contributed by atoms with Gasteiger partial charge in [0.15, 0.2) is 0 Å². The van der Waals surface area contributed by atoms with E-state index in [1.54, 1.807) is 24.3 Å². The first kappa shape index (κ1) is 15.1. The van der Waals surface area contributed by atoms with Gasteiger partial charge in [-0.2, -0.15) is 0 Å². The molecule has 0 saturated heterocycles. The van der Waals surface area contributed by atoms with Gasteiger partial charge in [0.1, 0.15) is 12.4 Å². The van der Waals surface area contributed by atoms with Crippen LogP contribution in [0.2, 0.25) is 0 Å². The molecular weight excluding hydrogens is 276 g/mol. The number of nitrogen functional groups attached to an aromatic ring is 1. The Morgan fingerprint density at radius 3 is 2.70 bits per heavy atom. The highest BCUT2D eigenvalue weighted by molar-refractivity contribution is 7.89. The van der Waals surface area contributed by atoms with Crippen LogP contribution in [0.15, 0.2) is 24.3 Å². The van der Waals surface area contributed by atoms with Gasteiger partial charge in [-0.1, -0.05) is 18.6 Å². The Labute approximate surface area is 120 Å². The molecule has 1 fully saturated rings. The third-order valence-corrected chi connectivity index (χ3v) is 5.19. The Morgan fingerprint density at radius 2 is 2.10 bits per heavy atom. The molecule has 0 aliphatic heterocycles. The summed E-state index contributed by atoms with van der Waals surface area (Å²) >= 11 is 0. The first-order valence-electron chi connectivity index (χ1n) is 6.95. The first-order chi connectivity index (χ1) is 9.48. The SMILES string of the molecule is CC(NS(=O)(=O)CCOc1ccccc1N)C1CCC1. The molecule has 1 aromatic carbocycles. The van der Waals surface area contributed by atoms with Crippen molar-refractivity contribution in [3.63, 3.8) is 0 Å². The van der Waals surface area contributed by atoms with Gasteiger partial charge in [-0.05, 0) is 37.8 Å². The van der Waals surface area contributed by atoms with Crippen molar-refractivity contribution >= 4 is 15.7 Å². The Balaban J connectivity index is 1.79. The lowest BCUT2D eigenvalue weighted by molar-refractivity contribution is 0.260. The zero-order chi connectivity index (χ0) is 14.6. The third kappa shape index (κ3) is 4.11. The normalized spacial score (nSPS) is 17.4. The van der Waals surface area contributed by atoms with Crippen molar-refractivity contribution in [2.45, 2.75) is 32.2 Å². The molecular formula is C14H22N2O3S. The second-order valence-electron chi connectivity index (χ2n) is 5.30. The average Bonchev–Trinajstić information content (AvgIpc) is 2.28. The smallest absolute Gasteiger partial charge is 0.215 e. The van der Waals surface area contributed by atoms with Gasteiger partial charge in [0.25, 0.3) is 0 Å². The fourth-order valence-electron chi connectivity index (χ4n) is 2.25. The molecule has 0 heterocycles. The number of hydrogen-bond donors (Lipinski definition) is 2. The van der Waals surface area contributed by atoms with E-state index in [1.165, 1.54) is 6.42 Å². The standard InChI is InChI=1S/C14H22N2O3S/c1-11(12-5-4-6-12)16-20(17,18)10-9-19-14-8-3-2-7-13(14)15/h2-3,7-8,11-12,16H,4-6,9-10,15H2,1H3. The monoisotopic (exact) mass is 298 g/mol. The number of benzene rings is 1. The van der Waals surface area contributed by atoms with Gasteiger partial charge >= 0.3 is 0 Å². The van der Waals surface area contributed by atoms with Crippen molar-refractivity contribution < 1.29 is 13.2 Å². The summed E-state index contributed by atoms with van der Waals surface area (Å²) in [5, 5.41) is 0. The molecule has 20 heavy (non-hydrogen) atoms. The van der Waals surface area contributed by atoms with E-state index < -0.39 is 10.0 Å². The number of rotatable bonds is 7. The zero-order valence-corrected chi connectivity index (χ0v) is 12.5. The van der Waals surface area contributed by atoms with Crippen molar-refractivity contribution in [3.05, 3.63) is 24.3 Å². The van der Waals surface area contributed by atoms with E-state index in [0.29, 0.717) is 17.4 Å². The molecule has 2 rings (SSSR count). The molecule has 1 atom stereocenters. The molecule has 112 valence electrons. The fourth-order valence-corrected chi connectivity index (χ4v) is 3.43. The number of para-hydroxylation sites is 2. The Hall–Kier alpha value is -1.27. The minimum Gasteiger partial charge on any atom is -0.490 e. The lowest BCUT2D eigenvalue weighted by Gasteiger charge is -2.31. The maximum Gasteiger partial charge on any atom is 0.215 e. The summed E-state index contributed by atoms with van der Waals surface area (Å²) in [6.07, 6.45) is 3.43. The number of nitrogens with one attached hydrogen (secondary N) is 1. The van der Waals surface area contributed by atoms with Crippen LogP contribution in [-0.2, 0) is 10.0 Å². The molecule has 0 amide bonds. The highest BCUT2D eigenvalue weighted by atomic mass is 32.2. The van der Waals surface area contributed by atoms with E-state index in [9.17, 15) is 8.42 Å². The highest BCUT2D eigenvalue weighted by Gasteiger charge is 2.27. The van der Waals surface area contributed by atoms with Crippen LogP contribution < -0.4 is 15.2 Å². The molecule has 5 nitrogen and oxygen atoms in total. The van der Waals surface area contributed by atoms with Crippen LogP contribution in [0.25, 0.3) is 0 Å². The molecule has 1 aliphatic carbocycles. The van der Waals surface area contributed by atoms with Crippen LogP contribution in [0.5, 0.6) is 5.75 Å². The Kier molecular flexibility index (Phi) is 4.88. The summed E-state index contributed by atoms with van der Waals surface area (Å²) in [5.41, 5.74) is 6.24. The Bertz CT molecular complexity index is 541. The maximum absolute atomic E-state index is 11.9. The van der Waals surface area contributed by atoms with E-state index in [4.69, 9.17) is 10.5 Å². The largest absolute Gasteiger partial charge is 0.490 e. The topological polar surface area (TPSA) is 81.4 Å². The van der Waals surface area contributed by atoms with Crippen LogP contribution in [-0.4, -0.2) is 26.8 Å². The summed E-state index contributed by atoms with van der Waals surface area (Å²) < 4.78 is 32.0. The van der Waals surface area contributed by atoms with Crippen molar-refractivity contribution in [1.29, 1.82) is 0 Å². The van der Waals surface area contributed by atoms with Gasteiger partial charge in [0.2, 0.25) is 10.0 Å². The van der Waals surface area contributed by atoms with E-state index >= 15 is 0 Å². The summed E-state index contributed by atoms with van der Waals surface area (Å²) in [6, 6.07) is 7.07. The predicted octanol–water partition coefficient (Wildman–Crippen LogP) is 1.76. The van der Waals surface area contributed by atoms with Gasteiger partial charge in [-0.3, -0.25) is 0 Å². The molecule has 0 bridgehead atoms. The number of sulfonamides is 1. The second kappa shape index (κ2) is 6.45. The van der Waals surface area contributed by atoms with Crippen molar-refractivity contribution in [1.82, 2.24) is 4.72 Å². The van der Waals surface area contributed by atoms with Crippen molar-refractivity contribution in [3.8, 4) is 5.75 Å². The molecule has 1 aliphatic rings. The minimum atomic E-state index is -3.30. The molecule has 6 heteroatoms. The van der Waals surface area contributed by atoms with Crippen LogP contribution in [0.1, 0.15) is 26.2 Å². The minimum absolute atomic E-state index is 0.00976. The molecule has 1 aromatic rings. The van der Waals surface area contributed by atoms with Gasteiger partial charge in [-0.25, -0.2) is 13.1 Å². The van der Waals surface area contributed by atoms with Gasteiger partial charge in [0, 0.05) is 6.04 Å². The molecule has 0 radical (unpaired) electrons. The van der Waals surface area contributed by atoms with Crippen molar-refractivity contribution in [2.75, 3.05) is 18.1 Å². The lowest BCUT2D eigenvalue weighted by Crippen LogP contribution is -2.42. The van der Waals surface area contributed by atoms with E-state index in [0.717, 1.165) is 12.8 Å². The highest BCUT2D eigenvalue weighted by Crippen LogP contribution is 2.29. The number of ether oxygens (including phenoxy) is 1.